The van der Waals surface area contributed by atoms with E-state index in [0.29, 0.717) is 6.54 Å². The number of nitrogens with one attached hydrogen (secondary N) is 1. The van der Waals surface area contributed by atoms with Gasteiger partial charge in [0.05, 0.1) is 0 Å². The Kier molecular flexibility index (Phi) is 2.39. The summed E-state index contributed by atoms with van der Waals surface area (Å²) in [5.41, 5.74) is 0.930. The van der Waals surface area contributed by atoms with Crippen LogP contribution in [-0.4, -0.2) is 11.0 Å². The minimum Gasteiger partial charge on any atom is -0.508 e. The minimum absolute atomic E-state index is 0.133. The van der Waals surface area contributed by atoms with Crippen LogP contribution < -0.4 is 5.32 Å². The van der Waals surface area contributed by atoms with Crippen LogP contribution in [0.1, 0.15) is 18.4 Å². The van der Waals surface area contributed by atoms with Crippen molar-refractivity contribution in [2.24, 2.45) is 5.92 Å². The van der Waals surface area contributed by atoms with Gasteiger partial charge in [-0.2, -0.15) is 0 Å². The average Bonchev–Trinajstić information content (AvgIpc) is 2.97. The molecule has 14 heavy (non-hydrogen) atoms. The van der Waals surface area contributed by atoms with Crippen LogP contribution in [-0.2, 0) is 11.3 Å². The molecule has 3 heteroatoms. The van der Waals surface area contributed by atoms with Gasteiger partial charge in [0.25, 0.3) is 0 Å². The highest BCUT2D eigenvalue weighted by atomic mass is 16.3. The van der Waals surface area contributed by atoms with Crippen molar-refractivity contribution in [3.63, 3.8) is 0 Å². The second-order valence-corrected chi connectivity index (χ2v) is 3.66. The molecular weight excluding hydrogens is 178 g/mol. The molecule has 1 saturated carbocycles. The molecule has 0 aromatic heterocycles. The van der Waals surface area contributed by atoms with Crippen LogP contribution in [0.15, 0.2) is 24.3 Å². The normalized spacial score (nSPS) is 15.1. The molecule has 0 heterocycles. The van der Waals surface area contributed by atoms with Gasteiger partial charge < -0.3 is 10.4 Å². The number of hydrogen-bond acceptors (Lipinski definition) is 2. The fraction of sp³-hybridized carbons (Fsp3) is 0.364. The number of phenolic OH excluding ortho intramolecular Hbond substituents is 1. The predicted molar refractivity (Wildman–Crippen MR) is 52.7 cm³/mol. The highest BCUT2D eigenvalue weighted by molar-refractivity contribution is 5.80. The molecule has 74 valence electrons. The smallest absolute Gasteiger partial charge is 0.223 e. The fourth-order valence-electron chi connectivity index (χ4n) is 1.35. The van der Waals surface area contributed by atoms with E-state index in [-0.39, 0.29) is 17.6 Å². The standard InChI is InChI=1S/C11H13NO2/c13-10-3-1-2-8(6-10)7-12-11(14)9-4-5-9/h1-3,6,9,13H,4-5,7H2,(H,12,14). The van der Waals surface area contributed by atoms with Gasteiger partial charge in [0.2, 0.25) is 5.91 Å². The van der Waals surface area contributed by atoms with Crippen LogP contribution in [0.25, 0.3) is 0 Å². The molecule has 1 aliphatic rings. The minimum atomic E-state index is 0.133. The number of carbonyl (C=O) groups excluding carboxylic acids is 1. The monoisotopic (exact) mass is 191 g/mol. The van der Waals surface area contributed by atoms with Crippen molar-refractivity contribution in [2.45, 2.75) is 19.4 Å². The van der Waals surface area contributed by atoms with E-state index < -0.39 is 0 Å². The SMILES string of the molecule is O=C(NCc1cccc(O)c1)C1CC1. The zero-order chi connectivity index (χ0) is 9.97. The topological polar surface area (TPSA) is 49.3 Å². The maximum atomic E-state index is 11.3. The van der Waals surface area contributed by atoms with Gasteiger partial charge in [0, 0.05) is 12.5 Å². The van der Waals surface area contributed by atoms with E-state index in [0.717, 1.165) is 18.4 Å². The van der Waals surface area contributed by atoms with E-state index in [1.54, 1.807) is 18.2 Å². The van der Waals surface area contributed by atoms with Crippen molar-refractivity contribution < 1.29 is 9.90 Å². The summed E-state index contributed by atoms with van der Waals surface area (Å²) < 4.78 is 0. The van der Waals surface area contributed by atoms with Gasteiger partial charge in [0.1, 0.15) is 5.75 Å². The summed E-state index contributed by atoms with van der Waals surface area (Å²) in [5, 5.41) is 12.0. The Morgan fingerprint density at radius 3 is 2.93 bits per heavy atom. The van der Waals surface area contributed by atoms with Gasteiger partial charge in [-0.1, -0.05) is 12.1 Å². The summed E-state index contributed by atoms with van der Waals surface area (Å²) in [6, 6.07) is 6.93. The first kappa shape index (κ1) is 9.06. The second kappa shape index (κ2) is 3.70. The lowest BCUT2D eigenvalue weighted by molar-refractivity contribution is -0.122. The number of benzene rings is 1. The molecule has 1 aromatic rings. The highest BCUT2D eigenvalue weighted by Crippen LogP contribution is 2.28. The van der Waals surface area contributed by atoms with E-state index in [1.807, 2.05) is 6.07 Å². The predicted octanol–water partition coefficient (Wildman–Crippen LogP) is 1.42. The van der Waals surface area contributed by atoms with Crippen molar-refractivity contribution in [3.8, 4) is 5.75 Å². The molecule has 0 radical (unpaired) electrons. The summed E-state index contributed by atoms with van der Waals surface area (Å²) in [6.45, 7) is 0.504. The van der Waals surface area contributed by atoms with E-state index in [2.05, 4.69) is 5.32 Å². The highest BCUT2D eigenvalue weighted by Gasteiger charge is 2.29. The zero-order valence-electron chi connectivity index (χ0n) is 7.86. The summed E-state index contributed by atoms with van der Waals surface area (Å²) in [6.07, 6.45) is 2.04. The molecule has 0 saturated heterocycles. The van der Waals surface area contributed by atoms with Gasteiger partial charge in [0.15, 0.2) is 0 Å². The molecule has 0 aliphatic heterocycles. The van der Waals surface area contributed by atoms with Crippen LogP contribution >= 0.6 is 0 Å². The molecule has 0 spiro atoms. The van der Waals surface area contributed by atoms with Crippen LogP contribution in [0.4, 0.5) is 0 Å². The van der Waals surface area contributed by atoms with E-state index >= 15 is 0 Å². The van der Waals surface area contributed by atoms with E-state index in [4.69, 9.17) is 0 Å². The Morgan fingerprint density at radius 1 is 1.50 bits per heavy atom. The van der Waals surface area contributed by atoms with Gasteiger partial charge in [-0.25, -0.2) is 0 Å². The average molecular weight is 191 g/mol. The Morgan fingerprint density at radius 2 is 2.29 bits per heavy atom. The third-order valence-corrected chi connectivity index (χ3v) is 2.33. The van der Waals surface area contributed by atoms with Crippen LogP contribution in [0.2, 0.25) is 0 Å². The first-order chi connectivity index (χ1) is 6.75. The van der Waals surface area contributed by atoms with Gasteiger partial charge in [-0.15, -0.1) is 0 Å². The maximum Gasteiger partial charge on any atom is 0.223 e. The number of hydrogen-bond donors (Lipinski definition) is 2. The first-order valence-corrected chi connectivity index (χ1v) is 4.81. The Balaban J connectivity index is 1.87. The van der Waals surface area contributed by atoms with E-state index in [9.17, 15) is 9.90 Å². The number of rotatable bonds is 3. The molecule has 0 bridgehead atoms. The molecular formula is C11H13NO2. The quantitative estimate of drug-likeness (QED) is 0.759. The molecule has 2 N–H and O–H groups in total. The van der Waals surface area contributed by atoms with Crippen molar-refractivity contribution in [1.82, 2.24) is 5.32 Å². The molecule has 1 aliphatic carbocycles. The van der Waals surface area contributed by atoms with Gasteiger partial charge in [-0.05, 0) is 30.5 Å². The second-order valence-electron chi connectivity index (χ2n) is 3.66. The van der Waals surface area contributed by atoms with Crippen LogP contribution in [0, 0.1) is 5.92 Å². The molecule has 0 atom stereocenters. The summed E-state index contributed by atoms with van der Waals surface area (Å²) >= 11 is 0. The van der Waals surface area contributed by atoms with Crippen molar-refractivity contribution >= 4 is 5.91 Å². The third kappa shape index (κ3) is 2.25. The third-order valence-electron chi connectivity index (χ3n) is 2.33. The zero-order valence-corrected chi connectivity index (χ0v) is 7.86. The molecule has 0 unspecified atom stereocenters. The molecule has 3 nitrogen and oxygen atoms in total. The Bertz CT molecular complexity index is 345. The molecule has 1 fully saturated rings. The summed E-state index contributed by atoms with van der Waals surface area (Å²) in [5.74, 6) is 0.615. The fourth-order valence-corrected chi connectivity index (χ4v) is 1.35. The van der Waals surface area contributed by atoms with Crippen molar-refractivity contribution in [1.29, 1.82) is 0 Å². The molecule has 2 rings (SSSR count). The Labute approximate surface area is 82.8 Å². The lowest BCUT2D eigenvalue weighted by Gasteiger charge is -2.04. The first-order valence-electron chi connectivity index (χ1n) is 4.81. The van der Waals surface area contributed by atoms with Crippen LogP contribution in [0.3, 0.4) is 0 Å². The lowest BCUT2D eigenvalue weighted by atomic mass is 10.2. The maximum absolute atomic E-state index is 11.3. The number of carbonyl (C=O) groups is 1. The molecule has 1 amide bonds. The number of aromatic hydroxyl groups is 1. The summed E-state index contributed by atoms with van der Waals surface area (Å²) in [4.78, 5) is 11.3. The van der Waals surface area contributed by atoms with Crippen LogP contribution in [0.5, 0.6) is 5.75 Å². The van der Waals surface area contributed by atoms with Gasteiger partial charge in [-0.3, -0.25) is 4.79 Å². The Hall–Kier alpha value is -1.51. The van der Waals surface area contributed by atoms with Crippen molar-refractivity contribution in [3.05, 3.63) is 29.8 Å². The summed E-state index contributed by atoms with van der Waals surface area (Å²) in [7, 11) is 0. The number of phenols is 1. The largest absolute Gasteiger partial charge is 0.508 e. The number of amides is 1. The van der Waals surface area contributed by atoms with Crippen molar-refractivity contribution in [2.75, 3.05) is 0 Å². The van der Waals surface area contributed by atoms with Gasteiger partial charge >= 0.3 is 0 Å². The molecule has 1 aromatic carbocycles. The van der Waals surface area contributed by atoms with E-state index in [1.165, 1.54) is 0 Å². The lowest BCUT2D eigenvalue weighted by Crippen LogP contribution is -2.23.